The number of methoxy groups -OCH3 is 2. The third-order valence-electron chi connectivity index (χ3n) is 5.38. The van der Waals surface area contributed by atoms with Crippen LogP contribution < -0.4 is 9.47 Å². The van der Waals surface area contributed by atoms with E-state index in [9.17, 15) is 4.79 Å². The van der Waals surface area contributed by atoms with Gasteiger partial charge in [0.05, 0.1) is 37.2 Å². The third-order valence-corrected chi connectivity index (χ3v) is 5.38. The number of aromatic nitrogens is 3. The molecule has 0 bridgehead atoms. The molecule has 28 heavy (non-hydrogen) atoms. The first kappa shape index (κ1) is 18.3. The van der Waals surface area contributed by atoms with Gasteiger partial charge in [-0.1, -0.05) is 6.07 Å². The van der Waals surface area contributed by atoms with Crippen molar-refractivity contribution in [2.45, 2.75) is 32.7 Å². The molecular formula is C21H24N4O3. The van der Waals surface area contributed by atoms with Crippen LogP contribution >= 0.6 is 0 Å². The number of benzene rings is 1. The summed E-state index contributed by atoms with van der Waals surface area (Å²) in [6.07, 6.45) is 3.54. The van der Waals surface area contributed by atoms with Gasteiger partial charge in [0.25, 0.3) is 5.91 Å². The number of ether oxygens (including phenoxy) is 2. The Kier molecular flexibility index (Phi) is 4.66. The van der Waals surface area contributed by atoms with E-state index in [4.69, 9.17) is 9.47 Å². The molecule has 146 valence electrons. The molecule has 1 saturated heterocycles. The molecule has 3 heterocycles. The average Bonchev–Trinajstić information content (AvgIpc) is 3.34. The minimum absolute atomic E-state index is 0.00163. The van der Waals surface area contributed by atoms with Crippen molar-refractivity contribution in [2.75, 3.05) is 20.8 Å². The van der Waals surface area contributed by atoms with E-state index < -0.39 is 0 Å². The number of amides is 1. The molecule has 2 aromatic heterocycles. The normalized spacial score (nSPS) is 16.6. The van der Waals surface area contributed by atoms with Crippen molar-refractivity contribution in [3.63, 3.8) is 0 Å². The lowest BCUT2D eigenvalue weighted by Crippen LogP contribution is -2.31. The second-order valence-electron chi connectivity index (χ2n) is 7.08. The molecule has 0 N–H and O–H groups in total. The van der Waals surface area contributed by atoms with Gasteiger partial charge in [0, 0.05) is 18.8 Å². The van der Waals surface area contributed by atoms with Gasteiger partial charge in [0.2, 0.25) is 0 Å². The molecule has 1 aliphatic rings. The van der Waals surface area contributed by atoms with Gasteiger partial charge in [-0.15, -0.1) is 0 Å². The minimum atomic E-state index is -0.0164. The summed E-state index contributed by atoms with van der Waals surface area (Å²) in [6, 6.07) is 7.76. The highest BCUT2D eigenvalue weighted by atomic mass is 16.5. The van der Waals surface area contributed by atoms with E-state index in [0.717, 1.165) is 35.4 Å². The quantitative estimate of drug-likeness (QED) is 0.694. The second-order valence-corrected chi connectivity index (χ2v) is 7.08. The van der Waals surface area contributed by atoms with Gasteiger partial charge in [-0.2, -0.15) is 5.10 Å². The predicted octanol–water partition coefficient (Wildman–Crippen LogP) is 3.34. The van der Waals surface area contributed by atoms with Crippen molar-refractivity contribution >= 4 is 11.6 Å². The maximum atomic E-state index is 13.4. The fraction of sp³-hybridized carbons (Fsp3) is 0.381. The first-order valence-corrected chi connectivity index (χ1v) is 9.38. The van der Waals surface area contributed by atoms with E-state index in [1.54, 1.807) is 24.9 Å². The fourth-order valence-electron chi connectivity index (χ4n) is 3.94. The zero-order valence-electron chi connectivity index (χ0n) is 16.6. The molecule has 0 radical (unpaired) electrons. The summed E-state index contributed by atoms with van der Waals surface area (Å²) in [7, 11) is 3.24. The Morgan fingerprint density at radius 1 is 1.14 bits per heavy atom. The van der Waals surface area contributed by atoms with Crippen molar-refractivity contribution in [3.8, 4) is 11.5 Å². The number of fused-ring (bicyclic) bond motifs is 1. The molecule has 1 amide bonds. The molecule has 4 rings (SSSR count). The van der Waals surface area contributed by atoms with Crippen molar-refractivity contribution in [2.24, 2.45) is 0 Å². The van der Waals surface area contributed by atoms with Gasteiger partial charge >= 0.3 is 0 Å². The van der Waals surface area contributed by atoms with Gasteiger partial charge in [-0.25, -0.2) is 9.50 Å². The molecule has 0 unspecified atom stereocenters. The summed E-state index contributed by atoms with van der Waals surface area (Å²) in [5.74, 6) is 1.34. The summed E-state index contributed by atoms with van der Waals surface area (Å²) in [5, 5.41) is 4.45. The molecule has 1 aliphatic heterocycles. The first-order chi connectivity index (χ1) is 13.5. The number of aryl methyl sites for hydroxylation is 2. The molecule has 1 aromatic carbocycles. The van der Waals surface area contributed by atoms with Crippen LogP contribution in [0, 0.1) is 13.8 Å². The van der Waals surface area contributed by atoms with Crippen LogP contribution in [-0.4, -0.2) is 46.2 Å². The summed E-state index contributed by atoms with van der Waals surface area (Å²) in [6.45, 7) is 4.55. The number of likely N-dealkylation sites (tertiary alicyclic amines) is 1. The van der Waals surface area contributed by atoms with E-state index in [-0.39, 0.29) is 11.9 Å². The van der Waals surface area contributed by atoms with Gasteiger partial charge in [0.15, 0.2) is 17.1 Å². The first-order valence-electron chi connectivity index (χ1n) is 9.38. The van der Waals surface area contributed by atoms with Crippen molar-refractivity contribution in [3.05, 3.63) is 53.0 Å². The summed E-state index contributed by atoms with van der Waals surface area (Å²) < 4.78 is 12.5. The summed E-state index contributed by atoms with van der Waals surface area (Å²) in [5.41, 5.74) is 4.07. The van der Waals surface area contributed by atoms with Crippen LogP contribution in [-0.2, 0) is 0 Å². The second kappa shape index (κ2) is 7.14. The minimum Gasteiger partial charge on any atom is -0.493 e. The molecule has 7 heteroatoms. The Hall–Kier alpha value is -3.09. The largest absolute Gasteiger partial charge is 0.493 e. The lowest BCUT2D eigenvalue weighted by atomic mass is 10.0. The molecule has 1 fully saturated rings. The summed E-state index contributed by atoms with van der Waals surface area (Å²) in [4.78, 5) is 19.7. The van der Waals surface area contributed by atoms with Crippen molar-refractivity contribution < 1.29 is 14.3 Å². The van der Waals surface area contributed by atoms with E-state index in [1.807, 2.05) is 43.0 Å². The molecule has 0 aliphatic carbocycles. The Bertz CT molecular complexity index is 1040. The Morgan fingerprint density at radius 2 is 1.93 bits per heavy atom. The highest BCUT2D eigenvalue weighted by Crippen LogP contribution is 2.37. The van der Waals surface area contributed by atoms with Crippen LogP contribution in [0.4, 0.5) is 0 Å². The van der Waals surface area contributed by atoms with Crippen LogP contribution in [0.3, 0.4) is 0 Å². The fourth-order valence-corrected chi connectivity index (χ4v) is 3.94. The van der Waals surface area contributed by atoms with Crippen LogP contribution in [0.1, 0.15) is 46.2 Å². The SMILES string of the molecule is COc1ccc([C@H]2CCCN2C(=O)c2cnc3cc(C)nn3c2C)cc1OC. The number of carbonyl (C=O) groups is 1. The maximum Gasteiger partial charge on any atom is 0.257 e. The van der Waals surface area contributed by atoms with Crippen LogP contribution in [0.2, 0.25) is 0 Å². The third kappa shape index (κ3) is 2.96. The Morgan fingerprint density at radius 3 is 2.68 bits per heavy atom. The molecule has 0 saturated carbocycles. The van der Waals surface area contributed by atoms with Crippen LogP contribution in [0.15, 0.2) is 30.5 Å². The van der Waals surface area contributed by atoms with Gasteiger partial charge in [0.1, 0.15) is 0 Å². The topological polar surface area (TPSA) is 69.0 Å². The number of hydrogen-bond acceptors (Lipinski definition) is 5. The highest BCUT2D eigenvalue weighted by Gasteiger charge is 2.32. The molecule has 3 aromatic rings. The smallest absolute Gasteiger partial charge is 0.257 e. The van der Waals surface area contributed by atoms with Gasteiger partial charge in [-0.05, 0) is 44.4 Å². The number of hydrogen-bond donors (Lipinski definition) is 0. The van der Waals surface area contributed by atoms with Gasteiger partial charge in [-0.3, -0.25) is 4.79 Å². The lowest BCUT2D eigenvalue weighted by molar-refractivity contribution is 0.0733. The van der Waals surface area contributed by atoms with E-state index >= 15 is 0 Å². The zero-order chi connectivity index (χ0) is 19.8. The van der Waals surface area contributed by atoms with Crippen LogP contribution in [0.5, 0.6) is 11.5 Å². The highest BCUT2D eigenvalue weighted by molar-refractivity contribution is 5.95. The van der Waals surface area contributed by atoms with Crippen molar-refractivity contribution in [1.82, 2.24) is 19.5 Å². The Labute approximate surface area is 163 Å². The maximum absolute atomic E-state index is 13.4. The zero-order valence-corrected chi connectivity index (χ0v) is 16.6. The van der Waals surface area contributed by atoms with E-state index in [0.29, 0.717) is 23.6 Å². The standard InChI is InChI=1S/C21H24N4O3/c1-13-10-20-22-12-16(14(2)25(20)23-13)21(26)24-9-5-6-17(24)15-7-8-18(27-3)19(11-15)28-4/h7-8,10-12,17H,5-6,9H2,1-4H3/t17-/m1/s1. The number of carbonyl (C=O) groups excluding carboxylic acids is 1. The monoisotopic (exact) mass is 380 g/mol. The molecule has 0 spiro atoms. The number of nitrogens with zero attached hydrogens (tertiary/aromatic N) is 4. The lowest BCUT2D eigenvalue weighted by Gasteiger charge is -2.26. The molecular weight excluding hydrogens is 356 g/mol. The van der Waals surface area contributed by atoms with E-state index in [2.05, 4.69) is 10.1 Å². The average molecular weight is 380 g/mol. The number of rotatable bonds is 4. The predicted molar refractivity (Wildman–Crippen MR) is 105 cm³/mol. The molecule has 7 nitrogen and oxygen atoms in total. The van der Waals surface area contributed by atoms with Crippen molar-refractivity contribution in [1.29, 1.82) is 0 Å². The van der Waals surface area contributed by atoms with Gasteiger partial charge < -0.3 is 14.4 Å². The van der Waals surface area contributed by atoms with E-state index in [1.165, 1.54) is 0 Å². The van der Waals surface area contributed by atoms with Crippen LogP contribution in [0.25, 0.3) is 5.65 Å². The molecule has 1 atom stereocenters. The Balaban J connectivity index is 1.68. The summed E-state index contributed by atoms with van der Waals surface area (Å²) >= 11 is 0.